The summed E-state index contributed by atoms with van der Waals surface area (Å²) >= 11 is 0. The van der Waals surface area contributed by atoms with E-state index in [0.29, 0.717) is 0 Å². The van der Waals surface area contributed by atoms with Crippen LogP contribution in [0.15, 0.2) is 36.9 Å². The van der Waals surface area contributed by atoms with Gasteiger partial charge in [-0.1, -0.05) is 31.6 Å². The van der Waals surface area contributed by atoms with Crippen molar-refractivity contribution in [2.24, 2.45) is 0 Å². The second-order valence-corrected chi connectivity index (χ2v) is 7.34. The van der Waals surface area contributed by atoms with Crippen LogP contribution in [0.25, 0.3) is 0 Å². The van der Waals surface area contributed by atoms with Gasteiger partial charge < -0.3 is 4.90 Å². The predicted octanol–water partition coefficient (Wildman–Crippen LogP) is 3.90. The zero-order valence-corrected chi connectivity index (χ0v) is 15.0. The topological polar surface area (TPSA) is 23.6 Å². The molecule has 1 aromatic rings. The zero-order chi connectivity index (χ0) is 17.0. The van der Waals surface area contributed by atoms with Gasteiger partial charge in [0.05, 0.1) is 0 Å². The Morgan fingerprint density at radius 3 is 2.58 bits per heavy atom. The molecule has 2 fully saturated rings. The highest BCUT2D eigenvalue weighted by molar-refractivity contribution is 5.94. The molecule has 1 aromatic carbocycles. The van der Waals surface area contributed by atoms with Crippen LogP contribution in [0.4, 0.5) is 0 Å². The van der Waals surface area contributed by atoms with E-state index >= 15 is 0 Å². The fourth-order valence-electron chi connectivity index (χ4n) is 4.47. The number of aryl methyl sites for hydroxylation is 1. The number of carbonyl (C=O) groups is 1. The summed E-state index contributed by atoms with van der Waals surface area (Å²) in [5.74, 6) is 0.197. The molecule has 3 nitrogen and oxygen atoms in total. The van der Waals surface area contributed by atoms with Gasteiger partial charge in [0.25, 0.3) is 5.91 Å². The lowest BCUT2D eigenvalue weighted by molar-refractivity contribution is 0.0367. The highest BCUT2D eigenvalue weighted by atomic mass is 16.2. The predicted molar refractivity (Wildman–Crippen MR) is 99.3 cm³/mol. The van der Waals surface area contributed by atoms with Crippen LogP contribution in [0.5, 0.6) is 0 Å². The Kier molecular flexibility index (Phi) is 5.40. The van der Waals surface area contributed by atoms with E-state index < -0.39 is 0 Å². The molecular weight excluding hydrogens is 296 g/mol. The summed E-state index contributed by atoms with van der Waals surface area (Å²) < 4.78 is 0. The maximum Gasteiger partial charge on any atom is 0.253 e. The second kappa shape index (κ2) is 7.52. The molecule has 1 amide bonds. The standard InChI is InChI=1S/C21H30N2O/c1-3-7-18-8-10-19(11-9-18)20(24)22-15-5-12-21(17-22)13-6-16-23(21)14-4-2/h4,8-11H,2-3,5-7,12-17H2,1H3. The summed E-state index contributed by atoms with van der Waals surface area (Å²) in [6.45, 7) is 9.92. The molecule has 1 unspecified atom stereocenters. The Morgan fingerprint density at radius 1 is 1.21 bits per heavy atom. The van der Waals surface area contributed by atoms with Crippen molar-refractivity contribution < 1.29 is 4.79 Å². The first-order chi connectivity index (χ1) is 11.7. The van der Waals surface area contributed by atoms with Crippen LogP contribution < -0.4 is 0 Å². The van der Waals surface area contributed by atoms with Crippen LogP contribution in [-0.4, -0.2) is 47.4 Å². The second-order valence-electron chi connectivity index (χ2n) is 7.34. The Morgan fingerprint density at radius 2 is 1.92 bits per heavy atom. The summed E-state index contributed by atoms with van der Waals surface area (Å²) in [4.78, 5) is 17.6. The van der Waals surface area contributed by atoms with Crippen molar-refractivity contribution in [2.45, 2.75) is 51.0 Å². The number of hydrogen-bond acceptors (Lipinski definition) is 2. The molecule has 3 rings (SSSR count). The van der Waals surface area contributed by atoms with Gasteiger partial charge in [-0.3, -0.25) is 9.69 Å². The molecule has 0 N–H and O–H groups in total. The number of amides is 1. The third kappa shape index (κ3) is 3.41. The summed E-state index contributed by atoms with van der Waals surface area (Å²) in [7, 11) is 0. The molecule has 0 aliphatic carbocycles. The minimum atomic E-state index is 0.185. The monoisotopic (exact) mass is 326 g/mol. The fourth-order valence-corrected chi connectivity index (χ4v) is 4.47. The number of rotatable bonds is 5. The van der Waals surface area contributed by atoms with Crippen molar-refractivity contribution in [3.8, 4) is 0 Å². The Bertz CT molecular complexity index is 580. The first kappa shape index (κ1) is 17.2. The first-order valence-corrected chi connectivity index (χ1v) is 9.43. The molecule has 0 bridgehead atoms. The van der Waals surface area contributed by atoms with E-state index in [4.69, 9.17) is 0 Å². The molecular formula is C21H30N2O. The molecule has 2 saturated heterocycles. The molecule has 2 heterocycles. The zero-order valence-electron chi connectivity index (χ0n) is 15.0. The van der Waals surface area contributed by atoms with E-state index in [1.807, 2.05) is 18.2 Å². The average molecular weight is 326 g/mol. The van der Waals surface area contributed by atoms with Crippen LogP contribution in [0.1, 0.15) is 54.9 Å². The number of nitrogens with zero attached hydrogens (tertiary/aromatic N) is 2. The van der Waals surface area contributed by atoms with Gasteiger partial charge >= 0.3 is 0 Å². The molecule has 0 aromatic heterocycles. The van der Waals surface area contributed by atoms with Crippen molar-refractivity contribution in [1.29, 1.82) is 0 Å². The molecule has 0 radical (unpaired) electrons. The number of carbonyl (C=O) groups excluding carboxylic acids is 1. The highest BCUT2D eigenvalue weighted by Gasteiger charge is 2.44. The maximum absolute atomic E-state index is 13.0. The molecule has 1 atom stereocenters. The fraction of sp³-hybridized carbons (Fsp3) is 0.571. The summed E-state index contributed by atoms with van der Waals surface area (Å²) in [5.41, 5.74) is 2.34. The Hall–Kier alpha value is -1.61. The van der Waals surface area contributed by atoms with Crippen LogP contribution in [-0.2, 0) is 6.42 Å². The smallest absolute Gasteiger partial charge is 0.253 e. The van der Waals surface area contributed by atoms with Crippen molar-refractivity contribution in [2.75, 3.05) is 26.2 Å². The van der Waals surface area contributed by atoms with Gasteiger partial charge in [-0.2, -0.15) is 0 Å². The third-order valence-corrected chi connectivity index (χ3v) is 5.67. The molecule has 130 valence electrons. The van der Waals surface area contributed by atoms with Crippen molar-refractivity contribution >= 4 is 5.91 Å². The van der Waals surface area contributed by atoms with Crippen molar-refractivity contribution in [3.05, 3.63) is 48.0 Å². The lowest BCUT2D eigenvalue weighted by atomic mass is 9.86. The molecule has 2 aliphatic heterocycles. The number of piperidine rings is 1. The van der Waals surface area contributed by atoms with Crippen LogP contribution >= 0.6 is 0 Å². The maximum atomic E-state index is 13.0. The van der Waals surface area contributed by atoms with Crippen molar-refractivity contribution in [3.63, 3.8) is 0 Å². The van der Waals surface area contributed by atoms with E-state index in [-0.39, 0.29) is 11.4 Å². The van der Waals surface area contributed by atoms with Gasteiger partial charge in [0, 0.05) is 30.7 Å². The van der Waals surface area contributed by atoms with E-state index in [1.54, 1.807) is 0 Å². The number of likely N-dealkylation sites (tertiary alicyclic amines) is 2. The van der Waals surface area contributed by atoms with E-state index in [1.165, 1.54) is 24.8 Å². The van der Waals surface area contributed by atoms with Gasteiger partial charge in [-0.15, -0.1) is 6.58 Å². The summed E-state index contributed by atoms with van der Waals surface area (Å²) in [6, 6.07) is 8.22. The van der Waals surface area contributed by atoms with E-state index in [9.17, 15) is 4.79 Å². The van der Waals surface area contributed by atoms with E-state index in [2.05, 4.69) is 35.4 Å². The SMILES string of the molecule is C=CCN1CCCC12CCCN(C(=O)c1ccc(CCC)cc1)C2. The van der Waals surface area contributed by atoms with E-state index in [0.717, 1.165) is 51.0 Å². The lowest BCUT2D eigenvalue weighted by Gasteiger charge is -2.45. The quantitative estimate of drug-likeness (QED) is 0.766. The lowest BCUT2D eigenvalue weighted by Crippen LogP contribution is -2.56. The third-order valence-electron chi connectivity index (χ3n) is 5.67. The van der Waals surface area contributed by atoms with Crippen LogP contribution in [0, 0.1) is 0 Å². The summed E-state index contributed by atoms with van der Waals surface area (Å²) in [5, 5.41) is 0. The van der Waals surface area contributed by atoms with Crippen molar-refractivity contribution in [1.82, 2.24) is 9.80 Å². The van der Waals surface area contributed by atoms with Gasteiger partial charge in [0.15, 0.2) is 0 Å². The van der Waals surface area contributed by atoms with Gasteiger partial charge in [0.1, 0.15) is 0 Å². The molecule has 2 aliphatic rings. The van der Waals surface area contributed by atoms with Gasteiger partial charge in [-0.25, -0.2) is 0 Å². The minimum absolute atomic E-state index is 0.185. The van der Waals surface area contributed by atoms with Gasteiger partial charge in [-0.05, 0) is 56.3 Å². The normalized spacial score (nSPS) is 24.5. The molecule has 0 saturated carbocycles. The highest BCUT2D eigenvalue weighted by Crippen LogP contribution is 2.37. The largest absolute Gasteiger partial charge is 0.337 e. The average Bonchev–Trinajstić information content (AvgIpc) is 2.97. The summed E-state index contributed by atoms with van der Waals surface area (Å²) in [6.07, 6.45) is 8.98. The van der Waals surface area contributed by atoms with Crippen LogP contribution in [0.3, 0.4) is 0 Å². The molecule has 24 heavy (non-hydrogen) atoms. The van der Waals surface area contributed by atoms with Gasteiger partial charge in [0.2, 0.25) is 0 Å². The Balaban J connectivity index is 1.72. The Labute approximate surface area is 146 Å². The molecule has 3 heteroatoms. The minimum Gasteiger partial charge on any atom is -0.337 e. The number of benzene rings is 1. The first-order valence-electron chi connectivity index (χ1n) is 9.43. The van der Waals surface area contributed by atoms with Crippen LogP contribution in [0.2, 0.25) is 0 Å². The molecule has 1 spiro atoms. The number of hydrogen-bond donors (Lipinski definition) is 0.